The van der Waals surface area contributed by atoms with E-state index in [-0.39, 0.29) is 17.2 Å². The zero-order valence-electron chi connectivity index (χ0n) is 14.4. The van der Waals surface area contributed by atoms with Crippen LogP contribution in [0.4, 0.5) is 8.78 Å². The quantitative estimate of drug-likeness (QED) is 0.773. The molecule has 1 atom stereocenters. The van der Waals surface area contributed by atoms with Gasteiger partial charge >= 0.3 is 0 Å². The van der Waals surface area contributed by atoms with Crippen LogP contribution in [0.15, 0.2) is 47.4 Å². The fourth-order valence-corrected chi connectivity index (χ4v) is 3.12. The molecular weight excluding hydrogens is 362 g/mol. The zero-order valence-corrected chi connectivity index (χ0v) is 15.2. The number of sulfonamides is 1. The third kappa shape index (κ3) is 5.09. The van der Waals surface area contributed by atoms with Crippen LogP contribution in [0.3, 0.4) is 0 Å². The third-order valence-electron chi connectivity index (χ3n) is 3.96. The zero-order chi connectivity index (χ0) is 19.3. The van der Waals surface area contributed by atoms with Crippen LogP contribution in [0.5, 0.6) is 0 Å². The molecule has 0 saturated carbocycles. The maximum absolute atomic E-state index is 13.3. The summed E-state index contributed by atoms with van der Waals surface area (Å²) in [6.07, 6.45) is 0.613. The summed E-state index contributed by atoms with van der Waals surface area (Å²) in [7, 11) is -2.15. The normalized spacial score (nSPS) is 12.6. The summed E-state index contributed by atoms with van der Waals surface area (Å²) in [4.78, 5) is 12.2. The predicted molar refractivity (Wildman–Crippen MR) is 93.9 cm³/mol. The van der Waals surface area contributed by atoms with E-state index < -0.39 is 27.7 Å². The highest BCUT2D eigenvalue weighted by atomic mass is 32.2. The van der Waals surface area contributed by atoms with Crippen molar-refractivity contribution in [2.75, 3.05) is 7.05 Å². The van der Waals surface area contributed by atoms with Gasteiger partial charge in [0, 0.05) is 6.42 Å². The Balaban J connectivity index is 1.91. The molecule has 2 rings (SSSR count). The summed E-state index contributed by atoms with van der Waals surface area (Å²) in [6, 6.07) is 9.29. The molecule has 0 radical (unpaired) electrons. The van der Waals surface area contributed by atoms with Gasteiger partial charge in [0.25, 0.3) is 0 Å². The van der Waals surface area contributed by atoms with E-state index >= 15 is 0 Å². The highest BCUT2D eigenvalue weighted by Gasteiger charge is 2.13. The number of aryl methyl sites for hydroxylation is 1. The smallest absolute Gasteiger partial charge is 0.240 e. The van der Waals surface area contributed by atoms with Crippen molar-refractivity contribution in [3.63, 3.8) is 0 Å². The molecule has 140 valence electrons. The van der Waals surface area contributed by atoms with E-state index in [1.807, 2.05) is 0 Å². The van der Waals surface area contributed by atoms with E-state index in [9.17, 15) is 22.0 Å². The van der Waals surface area contributed by atoms with Crippen molar-refractivity contribution < 1.29 is 22.0 Å². The Morgan fingerprint density at radius 3 is 2.31 bits per heavy atom. The van der Waals surface area contributed by atoms with Crippen LogP contribution in [-0.2, 0) is 21.2 Å². The van der Waals surface area contributed by atoms with Crippen LogP contribution in [0.25, 0.3) is 0 Å². The Labute approximate surface area is 151 Å². The van der Waals surface area contributed by atoms with Crippen LogP contribution in [0, 0.1) is 11.6 Å². The highest BCUT2D eigenvalue weighted by Crippen LogP contribution is 2.16. The summed E-state index contributed by atoms with van der Waals surface area (Å²) < 4.78 is 51.7. The minimum atomic E-state index is -3.49. The maximum Gasteiger partial charge on any atom is 0.240 e. The fourth-order valence-electron chi connectivity index (χ4n) is 2.39. The van der Waals surface area contributed by atoms with E-state index in [4.69, 9.17) is 0 Å². The first kappa shape index (κ1) is 20.0. The molecule has 0 aromatic heterocycles. The molecule has 1 unspecified atom stereocenters. The van der Waals surface area contributed by atoms with Crippen LogP contribution >= 0.6 is 0 Å². The molecule has 0 aliphatic rings. The van der Waals surface area contributed by atoms with Gasteiger partial charge in [0.2, 0.25) is 15.9 Å². The Bertz CT molecular complexity index is 884. The van der Waals surface area contributed by atoms with Crippen molar-refractivity contribution in [2.45, 2.75) is 30.7 Å². The topological polar surface area (TPSA) is 75.3 Å². The van der Waals surface area contributed by atoms with Gasteiger partial charge in [-0.05, 0) is 55.8 Å². The molecule has 5 nitrogen and oxygen atoms in total. The largest absolute Gasteiger partial charge is 0.350 e. The van der Waals surface area contributed by atoms with Gasteiger partial charge in [-0.3, -0.25) is 4.79 Å². The van der Waals surface area contributed by atoms with E-state index in [1.54, 1.807) is 19.1 Å². The van der Waals surface area contributed by atoms with Gasteiger partial charge in [-0.1, -0.05) is 18.2 Å². The molecule has 2 N–H and O–H groups in total. The van der Waals surface area contributed by atoms with Gasteiger partial charge in [0.1, 0.15) is 0 Å². The summed E-state index contributed by atoms with van der Waals surface area (Å²) >= 11 is 0. The number of benzene rings is 2. The minimum absolute atomic E-state index is 0.153. The number of carbonyl (C=O) groups excluding carboxylic acids is 1. The SMILES string of the molecule is CNS(=O)(=O)c1ccc(CCC(=O)NC(C)c2ccc(F)c(F)c2)cc1. The van der Waals surface area contributed by atoms with Gasteiger partial charge in [-0.15, -0.1) is 0 Å². The molecular formula is C18H20F2N2O3S. The standard InChI is InChI=1S/C18H20F2N2O3S/c1-12(14-6-9-16(19)17(20)11-14)22-18(23)10-5-13-3-7-15(8-4-13)26(24,25)21-2/h3-4,6-9,11-12,21H,5,10H2,1-2H3,(H,22,23). The molecule has 0 aliphatic heterocycles. The molecule has 0 aliphatic carbocycles. The average molecular weight is 382 g/mol. The summed E-state index contributed by atoms with van der Waals surface area (Å²) in [5, 5.41) is 2.72. The molecule has 2 aromatic rings. The second kappa shape index (κ2) is 8.37. The molecule has 0 saturated heterocycles. The molecule has 0 fully saturated rings. The second-order valence-corrected chi connectivity index (χ2v) is 7.70. The molecule has 26 heavy (non-hydrogen) atoms. The van der Waals surface area contributed by atoms with Crippen molar-refractivity contribution in [1.29, 1.82) is 0 Å². The number of hydrogen-bond acceptors (Lipinski definition) is 3. The first-order valence-electron chi connectivity index (χ1n) is 7.99. The predicted octanol–water partition coefficient (Wildman–Crippen LogP) is 2.68. The van der Waals surface area contributed by atoms with Gasteiger partial charge in [-0.25, -0.2) is 21.9 Å². The van der Waals surface area contributed by atoms with Crippen LogP contribution in [0.1, 0.15) is 30.5 Å². The lowest BCUT2D eigenvalue weighted by Gasteiger charge is -2.14. The van der Waals surface area contributed by atoms with Crippen molar-refractivity contribution in [3.05, 3.63) is 65.2 Å². The molecule has 0 heterocycles. The highest BCUT2D eigenvalue weighted by molar-refractivity contribution is 7.89. The average Bonchev–Trinajstić information content (AvgIpc) is 2.62. The van der Waals surface area contributed by atoms with E-state index in [1.165, 1.54) is 25.2 Å². The molecule has 0 bridgehead atoms. The van der Waals surface area contributed by atoms with Crippen LogP contribution < -0.4 is 10.0 Å². The molecule has 2 aromatic carbocycles. The Morgan fingerprint density at radius 1 is 1.08 bits per heavy atom. The number of halogens is 2. The lowest BCUT2D eigenvalue weighted by atomic mass is 10.1. The lowest BCUT2D eigenvalue weighted by Crippen LogP contribution is -2.27. The number of carbonyl (C=O) groups is 1. The number of nitrogens with one attached hydrogen (secondary N) is 2. The van der Waals surface area contributed by atoms with E-state index in [0.29, 0.717) is 12.0 Å². The van der Waals surface area contributed by atoms with Gasteiger partial charge in [0.05, 0.1) is 10.9 Å². The van der Waals surface area contributed by atoms with Gasteiger partial charge in [0.15, 0.2) is 11.6 Å². The fraction of sp³-hybridized carbons (Fsp3) is 0.278. The second-order valence-electron chi connectivity index (χ2n) is 5.81. The summed E-state index contributed by atoms with van der Waals surface area (Å²) in [6.45, 7) is 1.68. The first-order valence-corrected chi connectivity index (χ1v) is 9.48. The molecule has 0 spiro atoms. The summed E-state index contributed by atoms with van der Waals surface area (Å²) in [5.41, 5.74) is 1.29. The summed E-state index contributed by atoms with van der Waals surface area (Å²) in [5.74, 6) is -2.13. The number of rotatable bonds is 7. The molecule has 1 amide bonds. The van der Waals surface area contributed by atoms with Gasteiger partial charge < -0.3 is 5.32 Å². The maximum atomic E-state index is 13.3. The Hall–Kier alpha value is -2.32. The van der Waals surface area contributed by atoms with Crippen molar-refractivity contribution >= 4 is 15.9 Å². The monoisotopic (exact) mass is 382 g/mol. The van der Waals surface area contributed by atoms with Crippen molar-refractivity contribution in [2.24, 2.45) is 0 Å². The number of amides is 1. The van der Waals surface area contributed by atoms with E-state index in [0.717, 1.165) is 17.7 Å². The van der Waals surface area contributed by atoms with Gasteiger partial charge in [-0.2, -0.15) is 0 Å². The first-order chi connectivity index (χ1) is 12.2. The Morgan fingerprint density at radius 2 is 1.73 bits per heavy atom. The van der Waals surface area contributed by atoms with E-state index in [2.05, 4.69) is 10.0 Å². The third-order valence-corrected chi connectivity index (χ3v) is 5.39. The van der Waals surface area contributed by atoms with Crippen LogP contribution in [-0.4, -0.2) is 21.4 Å². The van der Waals surface area contributed by atoms with Crippen molar-refractivity contribution in [1.82, 2.24) is 10.0 Å². The number of hydrogen-bond donors (Lipinski definition) is 2. The van der Waals surface area contributed by atoms with Crippen LogP contribution in [0.2, 0.25) is 0 Å². The van der Waals surface area contributed by atoms with Crippen molar-refractivity contribution in [3.8, 4) is 0 Å². The lowest BCUT2D eigenvalue weighted by molar-refractivity contribution is -0.121. The molecule has 8 heteroatoms. The minimum Gasteiger partial charge on any atom is -0.350 e. The Kier molecular flexibility index (Phi) is 6.44.